The quantitative estimate of drug-likeness (QED) is 0.0169. The van der Waals surface area contributed by atoms with Crippen molar-refractivity contribution in [1.29, 1.82) is 0 Å². The first-order valence-electron chi connectivity index (χ1n) is 39.4. The van der Waals surface area contributed by atoms with Gasteiger partial charge in [-0.1, -0.05) is 296 Å². The third kappa shape index (κ3) is 73.5. The maximum atomic E-state index is 13.1. The smallest absolute Gasteiger partial charge is 0.462 e. The monoisotopic (exact) mass is 1470 g/mol. The van der Waals surface area contributed by atoms with Gasteiger partial charge in [0.1, 0.15) is 19.3 Å². The zero-order valence-corrected chi connectivity index (χ0v) is 65.5. The number of phosphoric acid groups is 2. The lowest BCUT2D eigenvalue weighted by molar-refractivity contribution is -0.161. The van der Waals surface area contributed by atoms with Crippen LogP contribution in [-0.2, 0) is 65.4 Å². The van der Waals surface area contributed by atoms with E-state index in [0.29, 0.717) is 25.7 Å². The van der Waals surface area contributed by atoms with Crippen LogP contribution in [0.4, 0.5) is 0 Å². The highest BCUT2D eigenvalue weighted by Gasteiger charge is 2.30. The van der Waals surface area contributed by atoms with Gasteiger partial charge >= 0.3 is 39.5 Å². The number of rotatable bonds is 73. The number of aliphatic hydroxyl groups excluding tert-OH is 1. The van der Waals surface area contributed by atoms with E-state index < -0.39 is 97.5 Å². The maximum Gasteiger partial charge on any atom is 0.472 e. The summed E-state index contributed by atoms with van der Waals surface area (Å²) in [7, 11) is -9.99. The normalized spacial score (nSPS) is 14.6. The molecule has 0 bridgehead atoms. The van der Waals surface area contributed by atoms with E-state index in [1.165, 1.54) is 89.9 Å². The molecule has 0 aromatic carbocycles. The molecule has 0 aliphatic rings. The van der Waals surface area contributed by atoms with Gasteiger partial charge < -0.3 is 33.8 Å². The van der Waals surface area contributed by atoms with Crippen LogP contribution in [0.15, 0.2) is 134 Å². The molecular weight excluding hydrogens is 1330 g/mol. The van der Waals surface area contributed by atoms with E-state index in [2.05, 4.69) is 137 Å². The Balaban J connectivity index is 5.44. The summed E-state index contributed by atoms with van der Waals surface area (Å²) in [6.45, 7) is 4.48. The van der Waals surface area contributed by atoms with Crippen molar-refractivity contribution in [3.05, 3.63) is 134 Å². The molecule has 0 rings (SSSR count). The molecule has 19 heteroatoms. The van der Waals surface area contributed by atoms with Crippen molar-refractivity contribution in [3.8, 4) is 0 Å². The molecule has 0 saturated carbocycles. The van der Waals surface area contributed by atoms with E-state index in [0.717, 1.165) is 141 Å². The number of allylic oxidation sites excluding steroid dienone is 21. The van der Waals surface area contributed by atoms with Crippen LogP contribution in [0.5, 0.6) is 0 Å². The van der Waals surface area contributed by atoms with Crippen molar-refractivity contribution in [2.75, 3.05) is 39.6 Å². The third-order valence-electron chi connectivity index (χ3n) is 16.1. The van der Waals surface area contributed by atoms with Gasteiger partial charge in [0.05, 0.1) is 32.8 Å². The number of aliphatic hydroxyl groups is 1. The maximum absolute atomic E-state index is 13.1. The summed E-state index contributed by atoms with van der Waals surface area (Å²) in [6.07, 6.45) is 83.2. The molecule has 0 amide bonds. The number of carbonyl (C=O) groups is 4. The summed E-state index contributed by atoms with van der Waals surface area (Å²) < 4.78 is 68.4. The van der Waals surface area contributed by atoms with Crippen molar-refractivity contribution in [2.45, 2.75) is 329 Å². The van der Waals surface area contributed by atoms with Gasteiger partial charge in [0.2, 0.25) is 0 Å². The second-order valence-corrected chi connectivity index (χ2v) is 28.8. The second kappa shape index (κ2) is 74.5. The Morgan fingerprint density at radius 1 is 0.294 bits per heavy atom. The van der Waals surface area contributed by atoms with E-state index in [-0.39, 0.29) is 25.7 Å². The molecule has 0 aliphatic heterocycles. The average Bonchev–Trinajstić information content (AvgIpc) is 0.924. The highest BCUT2D eigenvalue weighted by molar-refractivity contribution is 7.47. The van der Waals surface area contributed by atoms with Crippen LogP contribution < -0.4 is 0 Å². The minimum atomic E-state index is -5.00. The molecule has 0 spiro atoms. The van der Waals surface area contributed by atoms with Gasteiger partial charge in [0.25, 0.3) is 0 Å². The Hall–Kier alpha value is -4.80. The third-order valence-corrected chi connectivity index (χ3v) is 18.0. The summed E-state index contributed by atoms with van der Waals surface area (Å²) in [5, 5.41) is 10.6. The van der Waals surface area contributed by atoms with Gasteiger partial charge in [-0.2, -0.15) is 0 Å². The summed E-state index contributed by atoms with van der Waals surface area (Å²) >= 11 is 0. The Morgan fingerprint density at radius 2 is 0.549 bits per heavy atom. The highest BCUT2D eigenvalue weighted by Crippen LogP contribution is 2.45. The fraction of sp³-hybridized carbons (Fsp3) is 0.687. The molecule has 0 aromatic rings. The summed E-state index contributed by atoms with van der Waals surface area (Å²) in [4.78, 5) is 72.9. The number of hydrogen-bond donors (Lipinski definition) is 3. The fourth-order valence-corrected chi connectivity index (χ4v) is 11.8. The van der Waals surface area contributed by atoms with Crippen LogP contribution >= 0.6 is 15.6 Å². The Labute approximate surface area is 618 Å². The van der Waals surface area contributed by atoms with Gasteiger partial charge in [0, 0.05) is 19.3 Å². The van der Waals surface area contributed by atoms with Crippen LogP contribution in [0, 0.1) is 0 Å². The van der Waals surface area contributed by atoms with E-state index in [4.69, 9.17) is 37.0 Å². The summed E-state index contributed by atoms with van der Waals surface area (Å²) in [5.74, 6) is -2.36. The van der Waals surface area contributed by atoms with Crippen LogP contribution in [0.2, 0.25) is 0 Å². The number of ether oxygens (including phenoxy) is 4. The predicted octanol–water partition coefficient (Wildman–Crippen LogP) is 22.9. The average molecular weight is 1470 g/mol. The molecule has 0 aromatic heterocycles. The molecule has 5 unspecified atom stereocenters. The van der Waals surface area contributed by atoms with E-state index in [1.807, 2.05) is 18.2 Å². The SMILES string of the molecule is CC/C=C\C/C=C\C/C=C\C/C=C\C/C=C\CCCCCC(=O)OCC(COP(=O)(O)OCC(O)COP(=O)(O)OCC(COC(=O)C/C=C\C/C=C\C/C=C\C/C=C\C/C=C\CC)OC(=O)CCCCCCC/C=C\CCCCCC)OC(=O)CCCCCCCCCCCCCCCCC. The van der Waals surface area contributed by atoms with E-state index in [9.17, 15) is 43.2 Å². The molecule has 0 heterocycles. The number of carbonyl (C=O) groups excluding carboxylic acids is 4. The van der Waals surface area contributed by atoms with Gasteiger partial charge in [-0.3, -0.25) is 37.3 Å². The number of phosphoric ester groups is 2. The zero-order valence-electron chi connectivity index (χ0n) is 63.7. The lowest BCUT2D eigenvalue weighted by Crippen LogP contribution is -2.30. The van der Waals surface area contributed by atoms with Crippen LogP contribution in [-0.4, -0.2) is 96.7 Å². The molecule has 0 saturated heterocycles. The van der Waals surface area contributed by atoms with Gasteiger partial charge in [-0.15, -0.1) is 0 Å². The fourth-order valence-electron chi connectivity index (χ4n) is 10.2. The minimum Gasteiger partial charge on any atom is -0.462 e. The Kier molecular flexibility index (Phi) is 71.0. The van der Waals surface area contributed by atoms with Crippen molar-refractivity contribution >= 4 is 39.5 Å². The molecule has 5 atom stereocenters. The lowest BCUT2D eigenvalue weighted by Gasteiger charge is -2.21. The first-order valence-corrected chi connectivity index (χ1v) is 42.4. The van der Waals surface area contributed by atoms with Gasteiger partial charge in [-0.05, 0) is 122 Å². The second-order valence-electron chi connectivity index (χ2n) is 25.9. The molecule has 0 aliphatic carbocycles. The molecule has 102 heavy (non-hydrogen) atoms. The van der Waals surface area contributed by atoms with Gasteiger partial charge in [-0.25, -0.2) is 9.13 Å². The molecular formula is C83H140O17P2. The van der Waals surface area contributed by atoms with Crippen molar-refractivity contribution in [3.63, 3.8) is 0 Å². The predicted molar refractivity (Wildman–Crippen MR) is 418 cm³/mol. The lowest BCUT2D eigenvalue weighted by atomic mass is 10.0. The standard InChI is InChI=1S/C83H140O17P2/c1-5-9-13-17-21-25-29-33-36-37-38-39-42-45-48-52-56-60-64-68-81(86)94-74-79(100-83(88)70-66-62-58-54-50-46-41-35-31-27-23-19-15-11-7-3)76-98-102(91,92)96-72-77(84)71-95-101(89,90)97-75-78(99-82(87)69-65-61-57-53-49-43-32-28-24-20-16-12-8-4)73-93-80(85)67-63-59-55-51-47-44-40-34-30-26-22-18-14-10-6-2/h9-10,13-14,21-22,25-26,28,32-34,36,38-40,45,47-48,51,59,63,77-79,84H,5-8,11-12,15-20,23-24,27,29-31,35,37,41-44,46,49-50,52-58,60-62,64-76H2,1-4H3,(H,89,90)(H,91,92)/b13-9-,14-10-,25-21-,26-22-,32-28-,36-33-,39-38-,40-34-,48-45-,51-47-,63-59-. The van der Waals surface area contributed by atoms with Crippen molar-refractivity contribution < 1.29 is 80.2 Å². The topological polar surface area (TPSA) is 237 Å². The van der Waals surface area contributed by atoms with E-state index in [1.54, 1.807) is 6.08 Å². The Morgan fingerprint density at radius 3 is 0.902 bits per heavy atom. The molecule has 584 valence electrons. The molecule has 3 N–H and O–H groups in total. The molecule has 0 radical (unpaired) electrons. The number of unbranched alkanes of at least 4 members (excludes halogenated alkanes) is 26. The Bertz CT molecular complexity index is 2460. The van der Waals surface area contributed by atoms with Crippen molar-refractivity contribution in [1.82, 2.24) is 0 Å². The molecule has 0 fully saturated rings. The van der Waals surface area contributed by atoms with E-state index >= 15 is 0 Å². The van der Waals surface area contributed by atoms with Crippen LogP contribution in [0.25, 0.3) is 0 Å². The number of hydrogen-bond acceptors (Lipinski definition) is 15. The van der Waals surface area contributed by atoms with Crippen molar-refractivity contribution in [2.24, 2.45) is 0 Å². The zero-order chi connectivity index (χ0) is 74.6. The first kappa shape index (κ1) is 97.2. The highest BCUT2D eigenvalue weighted by atomic mass is 31.2. The summed E-state index contributed by atoms with van der Waals surface area (Å²) in [6, 6.07) is 0. The van der Waals surface area contributed by atoms with Crippen LogP contribution in [0.3, 0.4) is 0 Å². The first-order chi connectivity index (χ1) is 49.7. The number of esters is 4. The van der Waals surface area contributed by atoms with Crippen LogP contribution in [0.1, 0.15) is 310 Å². The summed E-state index contributed by atoms with van der Waals surface area (Å²) in [5.41, 5.74) is 0. The molecule has 17 nitrogen and oxygen atoms in total. The largest absolute Gasteiger partial charge is 0.472 e. The van der Waals surface area contributed by atoms with Gasteiger partial charge in [0.15, 0.2) is 12.2 Å². The minimum absolute atomic E-state index is 0.0627.